The lowest BCUT2D eigenvalue weighted by Gasteiger charge is -2.19. The average Bonchev–Trinajstić information content (AvgIpc) is 2.27. The van der Waals surface area contributed by atoms with Crippen LogP contribution < -0.4 is 4.74 Å². The molecule has 4 nitrogen and oxygen atoms in total. The molecule has 0 aliphatic carbocycles. The molecule has 1 aromatic carbocycles. The number of nitriles is 1. The van der Waals surface area contributed by atoms with Crippen molar-refractivity contribution in [1.29, 1.82) is 5.26 Å². The first kappa shape index (κ1) is 13.5. The molecular weight excluding hydrogens is 238 g/mol. The van der Waals surface area contributed by atoms with E-state index >= 15 is 0 Å². The van der Waals surface area contributed by atoms with Gasteiger partial charge in [-0.15, -0.1) is 0 Å². The Morgan fingerprint density at radius 3 is 2.35 bits per heavy atom. The van der Waals surface area contributed by atoms with E-state index < -0.39 is 15.3 Å². The Morgan fingerprint density at radius 1 is 1.35 bits per heavy atom. The minimum absolute atomic E-state index is 0.142. The number of benzene rings is 1. The van der Waals surface area contributed by atoms with Gasteiger partial charge < -0.3 is 4.74 Å². The number of rotatable bonds is 3. The molecule has 1 aromatic rings. The van der Waals surface area contributed by atoms with Crippen LogP contribution in [0.2, 0.25) is 0 Å². The van der Waals surface area contributed by atoms with Crippen LogP contribution in [0.5, 0.6) is 5.75 Å². The number of hydrogen-bond donors (Lipinski definition) is 0. The van der Waals surface area contributed by atoms with Crippen molar-refractivity contribution in [2.75, 3.05) is 13.4 Å². The maximum absolute atomic E-state index is 11.7. The quantitative estimate of drug-likeness (QED) is 0.825. The van der Waals surface area contributed by atoms with Crippen molar-refractivity contribution in [3.63, 3.8) is 0 Å². The Labute approximate surface area is 102 Å². The maximum Gasteiger partial charge on any atom is 0.175 e. The normalized spacial score (nSPS) is 11.9. The van der Waals surface area contributed by atoms with Crippen LogP contribution in [0.1, 0.15) is 19.4 Å². The van der Waals surface area contributed by atoms with Gasteiger partial charge in [0.05, 0.1) is 23.5 Å². The van der Waals surface area contributed by atoms with Crippen molar-refractivity contribution in [2.24, 2.45) is 0 Å². The average molecular weight is 253 g/mol. The molecule has 0 unspecified atom stereocenters. The van der Waals surface area contributed by atoms with E-state index in [1.165, 1.54) is 13.2 Å². The molecular formula is C12H15NO3S. The lowest BCUT2D eigenvalue weighted by molar-refractivity contribution is 0.412. The van der Waals surface area contributed by atoms with Crippen molar-refractivity contribution < 1.29 is 13.2 Å². The largest absolute Gasteiger partial charge is 0.497 e. The first-order valence-electron chi connectivity index (χ1n) is 5.02. The third-order valence-electron chi connectivity index (χ3n) is 2.54. The van der Waals surface area contributed by atoms with E-state index in [0.29, 0.717) is 11.3 Å². The van der Waals surface area contributed by atoms with Crippen molar-refractivity contribution in [3.8, 4) is 11.8 Å². The Balaban J connectivity index is 3.59. The fourth-order valence-corrected chi connectivity index (χ4v) is 2.57. The summed E-state index contributed by atoms with van der Waals surface area (Å²) < 4.78 is 28.4. The molecule has 0 saturated heterocycles. The molecule has 5 heteroatoms. The van der Waals surface area contributed by atoms with Gasteiger partial charge in [0.1, 0.15) is 5.75 Å². The zero-order valence-electron chi connectivity index (χ0n) is 10.3. The lowest BCUT2D eigenvalue weighted by Crippen LogP contribution is -2.18. The SMILES string of the molecule is COc1ccc(C(C)(C)C#N)c(S(C)(=O)=O)c1. The Kier molecular flexibility index (Phi) is 3.48. The van der Waals surface area contributed by atoms with Crippen LogP contribution in [0.25, 0.3) is 0 Å². The van der Waals surface area contributed by atoms with Gasteiger partial charge in [0.15, 0.2) is 9.84 Å². The molecule has 92 valence electrons. The van der Waals surface area contributed by atoms with Crippen molar-refractivity contribution in [2.45, 2.75) is 24.2 Å². The molecule has 17 heavy (non-hydrogen) atoms. The number of hydrogen-bond acceptors (Lipinski definition) is 4. The summed E-state index contributed by atoms with van der Waals surface area (Å²) in [6, 6.07) is 6.83. The maximum atomic E-state index is 11.7. The van der Waals surface area contributed by atoms with E-state index in [0.717, 1.165) is 6.26 Å². The Bertz CT molecular complexity index is 568. The van der Waals surface area contributed by atoms with Gasteiger partial charge in [0.25, 0.3) is 0 Å². The Morgan fingerprint density at radius 2 is 1.94 bits per heavy atom. The van der Waals surface area contributed by atoms with Gasteiger partial charge in [0, 0.05) is 6.26 Å². The minimum atomic E-state index is -3.39. The van der Waals surface area contributed by atoms with Gasteiger partial charge in [-0.2, -0.15) is 5.26 Å². The van der Waals surface area contributed by atoms with Crippen LogP contribution in [-0.2, 0) is 15.3 Å². The van der Waals surface area contributed by atoms with E-state index in [1.54, 1.807) is 26.0 Å². The van der Waals surface area contributed by atoms with Crippen LogP contribution in [0.15, 0.2) is 23.1 Å². The fourth-order valence-electron chi connectivity index (χ4n) is 1.51. The van der Waals surface area contributed by atoms with Gasteiger partial charge in [-0.05, 0) is 31.5 Å². The summed E-state index contributed by atoms with van der Waals surface area (Å²) in [6.07, 6.45) is 1.12. The second-order valence-electron chi connectivity index (χ2n) is 4.37. The highest BCUT2D eigenvalue weighted by molar-refractivity contribution is 7.90. The molecule has 0 bridgehead atoms. The van der Waals surface area contributed by atoms with Gasteiger partial charge in [-0.1, -0.05) is 6.07 Å². The molecule has 0 saturated carbocycles. The van der Waals surface area contributed by atoms with Crippen molar-refractivity contribution in [3.05, 3.63) is 23.8 Å². The monoisotopic (exact) mass is 253 g/mol. The summed E-state index contributed by atoms with van der Waals surface area (Å²) in [5.41, 5.74) is -0.367. The van der Waals surface area contributed by atoms with E-state index in [-0.39, 0.29) is 4.90 Å². The minimum Gasteiger partial charge on any atom is -0.497 e. The third kappa shape index (κ3) is 2.77. The second kappa shape index (κ2) is 4.38. The topological polar surface area (TPSA) is 67.2 Å². The molecule has 0 N–H and O–H groups in total. The zero-order valence-corrected chi connectivity index (χ0v) is 11.1. The first-order valence-corrected chi connectivity index (χ1v) is 6.91. The molecule has 0 fully saturated rings. The molecule has 0 atom stereocenters. The fraction of sp³-hybridized carbons (Fsp3) is 0.417. The highest BCUT2D eigenvalue weighted by Gasteiger charge is 2.27. The molecule has 1 rings (SSSR count). The Hall–Kier alpha value is -1.54. The van der Waals surface area contributed by atoms with E-state index in [4.69, 9.17) is 10.00 Å². The predicted octanol–water partition coefficient (Wildman–Crippen LogP) is 1.90. The molecule has 0 radical (unpaired) electrons. The number of ether oxygens (including phenoxy) is 1. The summed E-state index contributed by atoms with van der Waals surface area (Å²) in [5, 5.41) is 9.09. The van der Waals surface area contributed by atoms with Crippen molar-refractivity contribution in [1.82, 2.24) is 0 Å². The summed E-state index contributed by atoms with van der Waals surface area (Å²) in [4.78, 5) is 0.142. The van der Waals surface area contributed by atoms with Crippen LogP contribution in [0.4, 0.5) is 0 Å². The van der Waals surface area contributed by atoms with Crippen molar-refractivity contribution >= 4 is 9.84 Å². The summed E-state index contributed by atoms with van der Waals surface area (Å²) in [6.45, 7) is 3.37. The van der Waals surface area contributed by atoms with Crippen LogP contribution in [0.3, 0.4) is 0 Å². The van der Waals surface area contributed by atoms with E-state index in [1.807, 2.05) is 0 Å². The van der Waals surface area contributed by atoms with Gasteiger partial charge in [-0.3, -0.25) is 0 Å². The molecule has 0 heterocycles. The van der Waals surface area contributed by atoms with Crippen LogP contribution in [-0.4, -0.2) is 21.8 Å². The number of methoxy groups -OCH3 is 1. The summed E-state index contributed by atoms with van der Waals surface area (Å²) in [5.74, 6) is 0.461. The third-order valence-corrected chi connectivity index (χ3v) is 3.68. The zero-order chi connectivity index (χ0) is 13.3. The molecule has 0 aromatic heterocycles. The molecule has 0 amide bonds. The van der Waals surface area contributed by atoms with Gasteiger partial charge in [-0.25, -0.2) is 8.42 Å². The highest BCUT2D eigenvalue weighted by Crippen LogP contribution is 2.31. The van der Waals surface area contributed by atoms with Crippen LogP contribution >= 0.6 is 0 Å². The van der Waals surface area contributed by atoms with Gasteiger partial charge in [0.2, 0.25) is 0 Å². The highest BCUT2D eigenvalue weighted by atomic mass is 32.2. The summed E-state index contributed by atoms with van der Waals surface area (Å²) >= 11 is 0. The molecule has 0 spiro atoms. The predicted molar refractivity (Wildman–Crippen MR) is 64.7 cm³/mol. The number of sulfone groups is 1. The van der Waals surface area contributed by atoms with Gasteiger partial charge >= 0.3 is 0 Å². The first-order chi connectivity index (χ1) is 7.72. The number of nitrogens with zero attached hydrogens (tertiary/aromatic N) is 1. The van der Waals surface area contributed by atoms with E-state index in [9.17, 15) is 8.42 Å². The standard InChI is InChI=1S/C12H15NO3S/c1-12(2,8-13)10-6-5-9(16-3)7-11(10)17(4,14)15/h5-7H,1-4H3. The summed E-state index contributed by atoms with van der Waals surface area (Å²) in [7, 11) is -1.92. The lowest BCUT2D eigenvalue weighted by atomic mass is 9.86. The molecule has 0 aliphatic rings. The van der Waals surface area contributed by atoms with E-state index in [2.05, 4.69) is 6.07 Å². The van der Waals surface area contributed by atoms with Crippen LogP contribution in [0, 0.1) is 11.3 Å². The molecule has 0 aliphatic heterocycles. The second-order valence-corrected chi connectivity index (χ2v) is 6.36. The smallest absolute Gasteiger partial charge is 0.175 e.